The third kappa shape index (κ3) is 3.44. The van der Waals surface area contributed by atoms with Crippen molar-refractivity contribution < 1.29 is 24.6 Å². The van der Waals surface area contributed by atoms with Crippen LogP contribution in [0.2, 0.25) is 0 Å². The van der Waals surface area contributed by atoms with Crippen LogP contribution in [0.5, 0.6) is 0 Å². The second-order valence-electron chi connectivity index (χ2n) is 5.10. The maximum Gasteiger partial charge on any atom is 0.317 e. The first kappa shape index (κ1) is 14.2. The van der Waals surface area contributed by atoms with Gasteiger partial charge in [-0.1, -0.05) is 24.3 Å². The summed E-state index contributed by atoms with van der Waals surface area (Å²) in [6, 6.07) is 6.98. The van der Waals surface area contributed by atoms with Gasteiger partial charge in [-0.05, 0) is 31.2 Å². The number of rotatable bonds is 7. The molecule has 1 aromatic carbocycles. The van der Waals surface area contributed by atoms with E-state index in [0.717, 1.165) is 18.4 Å². The van der Waals surface area contributed by atoms with E-state index in [2.05, 4.69) is 0 Å². The molecule has 5 nitrogen and oxygen atoms in total. The molecule has 0 spiro atoms. The lowest BCUT2D eigenvalue weighted by Crippen LogP contribution is -2.23. The van der Waals surface area contributed by atoms with Crippen LogP contribution in [0.4, 0.5) is 0 Å². The van der Waals surface area contributed by atoms with Gasteiger partial charge < -0.3 is 10.2 Å². The summed E-state index contributed by atoms with van der Waals surface area (Å²) < 4.78 is 0. The number of Topliss-reactive ketones (excluding diaryl/α,β-unsaturated/α-hetero) is 1. The summed E-state index contributed by atoms with van der Waals surface area (Å²) in [5, 5.41) is 17.6. The Balaban J connectivity index is 1.94. The van der Waals surface area contributed by atoms with Crippen LogP contribution in [-0.4, -0.2) is 27.9 Å². The maximum atomic E-state index is 11.8. The van der Waals surface area contributed by atoms with Crippen molar-refractivity contribution in [2.45, 2.75) is 25.7 Å². The Kier molecular flexibility index (Phi) is 4.17. The largest absolute Gasteiger partial charge is 0.481 e. The van der Waals surface area contributed by atoms with E-state index in [1.165, 1.54) is 0 Å². The van der Waals surface area contributed by atoms with E-state index < -0.39 is 17.9 Å². The number of carboxylic acids is 2. The Morgan fingerprint density at radius 3 is 2.05 bits per heavy atom. The molecule has 5 heteroatoms. The lowest BCUT2D eigenvalue weighted by molar-refractivity contribution is -0.154. The first-order valence-electron chi connectivity index (χ1n) is 6.58. The minimum Gasteiger partial charge on any atom is -0.481 e. The van der Waals surface area contributed by atoms with Crippen LogP contribution in [0.3, 0.4) is 0 Å². The molecule has 0 radical (unpaired) electrons. The minimum absolute atomic E-state index is 0.0422. The molecule has 0 unspecified atom stereocenters. The van der Waals surface area contributed by atoms with Gasteiger partial charge >= 0.3 is 11.9 Å². The molecule has 0 aliphatic heterocycles. The van der Waals surface area contributed by atoms with Crippen molar-refractivity contribution in [2.75, 3.05) is 0 Å². The van der Waals surface area contributed by atoms with Gasteiger partial charge in [-0.25, -0.2) is 0 Å². The highest BCUT2D eigenvalue weighted by atomic mass is 16.4. The highest BCUT2D eigenvalue weighted by Crippen LogP contribution is 2.32. The van der Waals surface area contributed by atoms with Gasteiger partial charge in [0.2, 0.25) is 0 Å². The molecular weight excluding hydrogens is 260 g/mol. The van der Waals surface area contributed by atoms with E-state index in [4.69, 9.17) is 10.2 Å². The second kappa shape index (κ2) is 5.86. The molecule has 1 aromatic rings. The van der Waals surface area contributed by atoms with Crippen molar-refractivity contribution in [3.05, 3.63) is 35.4 Å². The summed E-state index contributed by atoms with van der Waals surface area (Å²) in [5.41, 5.74) is 1.51. The molecule has 1 fully saturated rings. The molecule has 0 heterocycles. The zero-order valence-electron chi connectivity index (χ0n) is 10.9. The third-order valence-corrected chi connectivity index (χ3v) is 3.50. The molecule has 0 atom stereocenters. The zero-order chi connectivity index (χ0) is 14.7. The monoisotopic (exact) mass is 276 g/mol. The van der Waals surface area contributed by atoms with Crippen molar-refractivity contribution in [2.24, 2.45) is 11.8 Å². The van der Waals surface area contributed by atoms with Gasteiger partial charge in [-0.15, -0.1) is 0 Å². The summed E-state index contributed by atoms with van der Waals surface area (Å²) in [6.45, 7) is 0. The fraction of sp³-hybridized carbons (Fsp3) is 0.400. The SMILES string of the molecule is O=C(c1ccc(CCC(C(=O)O)C(=O)O)cc1)C1CC1. The summed E-state index contributed by atoms with van der Waals surface area (Å²) >= 11 is 0. The molecule has 1 aliphatic rings. The standard InChI is InChI=1S/C15H16O5/c16-13(11-6-7-11)10-4-1-9(2-5-10)3-8-12(14(17)18)15(19)20/h1-2,4-5,11-12H,3,6-8H2,(H,17,18)(H,19,20). The van der Waals surface area contributed by atoms with Crippen LogP contribution in [0.1, 0.15) is 35.2 Å². The van der Waals surface area contributed by atoms with Crippen LogP contribution in [-0.2, 0) is 16.0 Å². The van der Waals surface area contributed by atoms with Crippen molar-refractivity contribution in [1.29, 1.82) is 0 Å². The van der Waals surface area contributed by atoms with E-state index in [0.29, 0.717) is 12.0 Å². The lowest BCUT2D eigenvalue weighted by atomic mass is 9.98. The van der Waals surface area contributed by atoms with Gasteiger partial charge in [0, 0.05) is 11.5 Å². The number of carboxylic acid groups (broad SMARTS) is 2. The molecule has 2 N–H and O–H groups in total. The van der Waals surface area contributed by atoms with Gasteiger partial charge in [0.25, 0.3) is 0 Å². The van der Waals surface area contributed by atoms with E-state index in [1.54, 1.807) is 24.3 Å². The fourth-order valence-corrected chi connectivity index (χ4v) is 2.08. The first-order chi connectivity index (χ1) is 9.49. The Morgan fingerprint density at radius 1 is 1.05 bits per heavy atom. The van der Waals surface area contributed by atoms with Gasteiger partial charge in [0.1, 0.15) is 0 Å². The normalized spacial score (nSPS) is 14.2. The molecular formula is C15H16O5. The minimum atomic E-state index is -1.39. The number of hydrogen-bond donors (Lipinski definition) is 2. The maximum absolute atomic E-state index is 11.8. The number of benzene rings is 1. The fourth-order valence-electron chi connectivity index (χ4n) is 2.08. The molecule has 0 saturated heterocycles. The van der Waals surface area contributed by atoms with E-state index in [-0.39, 0.29) is 18.1 Å². The average molecular weight is 276 g/mol. The Labute approximate surface area is 116 Å². The molecule has 2 rings (SSSR count). The van der Waals surface area contributed by atoms with Gasteiger partial charge in [-0.3, -0.25) is 14.4 Å². The van der Waals surface area contributed by atoms with E-state index in [1.807, 2.05) is 0 Å². The van der Waals surface area contributed by atoms with Crippen LogP contribution in [0.25, 0.3) is 0 Å². The summed E-state index contributed by atoms with van der Waals surface area (Å²) in [7, 11) is 0. The topological polar surface area (TPSA) is 91.7 Å². The Bertz CT molecular complexity index is 514. The Hall–Kier alpha value is -2.17. The molecule has 0 amide bonds. The summed E-state index contributed by atoms with van der Waals surface area (Å²) in [6.07, 6.45) is 2.32. The summed E-state index contributed by atoms with van der Waals surface area (Å²) in [4.78, 5) is 33.3. The number of ketones is 1. The van der Waals surface area contributed by atoms with Crippen molar-refractivity contribution in [3.63, 3.8) is 0 Å². The number of hydrogen-bond acceptors (Lipinski definition) is 3. The second-order valence-corrected chi connectivity index (χ2v) is 5.10. The van der Waals surface area contributed by atoms with Crippen LogP contribution in [0, 0.1) is 11.8 Å². The van der Waals surface area contributed by atoms with Gasteiger partial charge in [0.15, 0.2) is 11.7 Å². The average Bonchev–Trinajstić information content (AvgIpc) is 3.22. The van der Waals surface area contributed by atoms with Gasteiger partial charge in [0.05, 0.1) is 0 Å². The third-order valence-electron chi connectivity index (χ3n) is 3.50. The number of aliphatic carboxylic acids is 2. The highest BCUT2D eigenvalue weighted by molar-refractivity contribution is 5.99. The van der Waals surface area contributed by atoms with Crippen molar-refractivity contribution in [3.8, 4) is 0 Å². The lowest BCUT2D eigenvalue weighted by Gasteiger charge is -2.07. The molecule has 0 aromatic heterocycles. The molecule has 1 aliphatic carbocycles. The predicted molar refractivity (Wildman–Crippen MR) is 70.6 cm³/mol. The van der Waals surface area contributed by atoms with Crippen molar-refractivity contribution >= 4 is 17.7 Å². The smallest absolute Gasteiger partial charge is 0.317 e. The van der Waals surface area contributed by atoms with Crippen molar-refractivity contribution in [1.82, 2.24) is 0 Å². The van der Waals surface area contributed by atoms with Crippen LogP contribution in [0.15, 0.2) is 24.3 Å². The molecule has 0 bridgehead atoms. The first-order valence-corrected chi connectivity index (χ1v) is 6.58. The zero-order valence-corrected chi connectivity index (χ0v) is 10.9. The number of carbonyl (C=O) groups excluding carboxylic acids is 1. The van der Waals surface area contributed by atoms with E-state index in [9.17, 15) is 14.4 Å². The number of carbonyl (C=O) groups is 3. The summed E-state index contributed by atoms with van der Waals surface area (Å²) in [5.74, 6) is -3.70. The molecule has 1 saturated carbocycles. The molecule has 106 valence electrons. The quantitative estimate of drug-likeness (QED) is 0.587. The van der Waals surface area contributed by atoms with Gasteiger partial charge in [-0.2, -0.15) is 0 Å². The van der Waals surface area contributed by atoms with E-state index >= 15 is 0 Å². The predicted octanol–water partition coefficient (Wildman–Crippen LogP) is 2.00. The molecule has 20 heavy (non-hydrogen) atoms. The van der Waals surface area contributed by atoms with Crippen LogP contribution >= 0.6 is 0 Å². The highest BCUT2D eigenvalue weighted by Gasteiger charge is 2.30. The number of aryl methyl sites for hydroxylation is 1. The van der Waals surface area contributed by atoms with Crippen LogP contribution < -0.4 is 0 Å². The Morgan fingerprint density at radius 2 is 1.60 bits per heavy atom.